The molecule has 0 atom stereocenters. The van der Waals surface area contributed by atoms with Gasteiger partial charge < -0.3 is 10.1 Å². The minimum absolute atomic E-state index is 0.234. The molecule has 0 saturated carbocycles. The third-order valence-corrected chi connectivity index (χ3v) is 3.79. The van der Waals surface area contributed by atoms with Crippen LogP contribution < -0.4 is 10.9 Å². The lowest BCUT2D eigenvalue weighted by atomic mass is 10.2. The molecule has 122 valence electrons. The Labute approximate surface area is 134 Å². The molecule has 0 radical (unpaired) electrons. The van der Waals surface area contributed by atoms with Crippen molar-refractivity contribution in [3.8, 4) is 11.3 Å². The minimum atomic E-state index is -0.234. The van der Waals surface area contributed by atoms with Gasteiger partial charge in [0.15, 0.2) is 5.69 Å². The normalized spacial score (nSPS) is 15.5. The molecular formula is C16H21N5O2. The van der Waals surface area contributed by atoms with Crippen molar-refractivity contribution in [2.75, 3.05) is 44.7 Å². The molecule has 7 heteroatoms. The number of nitrogens with one attached hydrogen (secondary N) is 2. The zero-order chi connectivity index (χ0) is 15.9. The monoisotopic (exact) mass is 315 g/mol. The first-order valence-corrected chi connectivity index (χ1v) is 7.89. The number of rotatable bonds is 6. The number of aromatic amines is 1. The molecule has 1 aromatic carbocycles. The van der Waals surface area contributed by atoms with Crippen molar-refractivity contribution < 1.29 is 4.74 Å². The van der Waals surface area contributed by atoms with Crippen LogP contribution >= 0.6 is 0 Å². The lowest BCUT2D eigenvalue weighted by molar-refractivity contribution is 0.0378. The summed E-state index contributed by atoms with van der Waals surface area (Å²) in [6, 6.07) is 9.32. The van der Waals surface area contributed by atoms with E-state index in [4.69, 9.17) is 4.74 Å². The van der Waals surface area contributed by atoms with Gasteiger partial charge in [-0.2, -0.15) is 0 Å². The van der Waals surface area contributed by atoms with E-state index in [0.717, 1.165) is 51.4 Å². The average molecular weight is 315 g/mol. The van der Waals surface area contributed by atoms with Gasteiger partial charge in [0.1, 0.15) is 0 Å². The molecular weight excluding hydrogens is 294 g/mol. The van der Waals surface area contributed by atoms with Gasteiger partial charge in [-0.05, 0) is 13.0 Å². The summed E-state index contributed by atoms with van der Waals surface area (Å²) >= 11 is 0. The molecule has 0 aliphatic carbocycles. The van der Waals surface area contributed by atoms with E-state index in [0.29, 0.717) is 11.6 Å². The second-order valence-corrected chi connectivity index (χ2v) is 5.45. The Morgan fingerprint density at radius 1 is 1.17 bits per heavy atom. The van der Waals surface area contributed by atoms with E-state index in [1.165, 1.54) is 0 Å². The number of hydrogen-bond acceptors (Lipinski definition) is 6. The Bertz CT molecular complexity index is 668. The number of aromatic nitrogens is 3. The van der Waals surface area contributed by atoms with E-state index in [1.54, 1.807) is 0 Å². The summed E-state index contributed by atoms with van der Waals surface area (Å²) in [5.74, 6) is 0.414. The van der Waals surface area contributed by atoms with Gasteiger partial charge in [0.2, 0.25) is 5.95 Å². The molecule has 1 fully saturated rings. The molecule has 23 heavy (non-hydrogen) atoms. The van der Waals surface area contributed by atoms with Crippen LogP contribution in [0, 0.1) is 0 Å². The molecule has 2 aromatic rings. The van der Waals surface area contributed by atoms with Crippen molar-refractivity contribution in [3.05, 3.63) is 40.7 Å². The predicted octanol–water partition coefficient (Wildman–Crippen LogP) is 0.966. The van der Waals surface area contributed by atoms with Crippen molar-refractivity contribution in [1.82, 2.24) is 20.1 Å². The van der Waals surface area contributed by atoms with Crippen LogP contribution in [0.15, 0.2) is 35.1 Å². The van der Waals surface area contributed by atoms with Crippen LogP contribution in [0.2, 0.25) is 0 Å². The van der Waals surface area contributed by atoms with Gasteiger partial charge in [0, 0.05) is 25.2 Å². The SMILES string of the molecule is O=c1[nH]c(NCCCN2CCOCC2)nnc1-c1ccccc1. The highest BCUT2D eigenvalue weighted by Gasteiger charge is 2.10. The fourth-order valence-corrected chi connectivity index (χ4v) is 2.54. The fourth-order valence-electron chi connectivity index (χ4n) is 2.54. The van der Waals surface area contributed by atoms with Crippen LogP contribution in [-0.2, 0) is 4.74 Å². The number of anilines is 1. The maximum absolute atomic E-state index is 12.1. The number of benzene rings is 1. The van der Waals surface area contributed by atoms with Crippen molar-refractivity contribution in [2.24, 2.45) is 0 Å². The topological polar surface area (TPSA) is 83.1 Å². The van der Waals surface area contributed by atoms with Crippen LogP contribution in [0.3, 0.4) is 0 Å². The molecule has 0 amide bonds. The Morgan fingerprint density at radius 2 is 1.96 bits per heavy atom. The average Bonchev–Trinajstić information content (AvgIpc) is 2.60. The zero-order valence-corrected chi connectivity index (χ0v) is 13.0. The summed E-state index contributed by atoms with van der Waals surface area (Å²) in [5.41, 5.74) is 0.867. The first-order chi connectivity index (χ1) is 11.3. The summed E-state index contributed by atoms with van der Waals surface area (Å²) in [4.78, 5) is 17.2. The van der Waals surface area contributed by atoms with Crippen molar-refractivity contribution in [2.45, 2.75) is 6.42 Å². The predicted molar refractivity (Wildman–Crippen MR) is 88.5 cm³/mol. The smallest absolute Gasteiger partial charge is 0.279 e. The van der Waals surface area contributed by atoms with Gasteiger partial charge >= 0.3 is 0 Å². The lowest BCUT2D eigenvalue weighted by Gasteiger charge is -2.26. The second kappa shape index (κ2) is 7.85. The van der Waals surface area contributed by atoms with Gasteiger partial charge in [-0.3, -0.25) is 14.7 Å². The summed E-state index contributed by atoms with van der Waals surface area (Å²) in [7, 11) is 0. The first kappa shape index (κ1) is 15.6. The van der Waals surface area contributed by atoms with Crippen LogP contribution in [-0.4, -0.2) is 59.5 Å². The number of H-pyrrole nitrogens is 1. The molecule has 2 heterocycles. The molecule has 3 rings (SSSR count). The highest BCUT2D eigenvalue weighted by atomic mass is 16.5. The zero-order valence-electron chi connectivity index (χ0n) is 13.0. The number of hydrogen-bond donors (Lipinski definition) is 2. The van der Waals surface area contributed by atoms with Gasteiger partial charge in [-0.15, -0.1) is 10.2 Å². The Morgan fingerprint density at radius 3 is 2.70 bits per heavy atom. The minimum Gasteiger partial charge on any atom is -0.379 e. The Hall–Kier alpha value is -2.25. The van der Waals surface area contributed by atoms with Crippen molar-refractivity contribution in [3.63, 3.8) is 0 Å². The van der Waals surface area contributed by atoms with Gasteiger partial charge in [-0.25, -0.2) is 0 Å². The summed E-state index contributed by atoms with van der Waals surface area (Å²) in [5, 5.41) is 11.2. The number of ether oxygens (including phenoxy) is 1. The van der Waals surface area contributed by atoms with Gasteiger partial charge in [0.25, 0.3) is 5.56 Å². The van der Waals surface area contributed by atoms with Gasteiger partial charge in [-0.1, -0.05) is 30.3 Å². The van der Waals surface area contributed by atoms with E-state index in [-0.39, 0.29) is 5.56 Å². The van der Waals surface area contributed by atoms with E-state index in [9.17, 15) is 4.79 Å². The second-order valence-electron chi connectivity index (χ2n) is 5.45. The molecule has 0 spiro atoms. The summed E-state index contributed by atoms with van der Waals surface area (Å²) in [6.45, 7) is 5.36. The Kier molecular flexibility index (Phi) is 5.33. The molecule has 2 N–H and O–H groups in total. The number of nitrogens with zero attached hydrogens (tertiary/aromatic N) is 3. The molecule has 0 bridgehead atoms. The van der Waals surface area contributed by atoms with Crippen molar-refractivity contribution >= 4 is 5.95 Å². The van der Waals surface area contributed by atoms with Crippen LogP contribution in [0.25, 0.3) is 11.3 Å². The van der Waals surface area contributed by atoms with Crippen LogP contribution in [0.5, 0.6) is 0 Å². The molecule has 7 nitrogen and oxygen atoms in total. The van der Waals surface area contributed by atoms with E-state index in [1.807, 2.05) is 30.3 Å². The maximum atomic E-state index is 12.1. The van der Waals surface area contributed by atoms with E-state index in [2.05, 4.69) is 25.4 Å². The van der Waals surface area contributed by atoms with E-state index >= 15 is 0 Å². The van der Waals surface area contributed by atoms with Gasteiger partial charge in [0.05, 0.1) is 13.2 Å². The van der Waals surface area contributed by atoms with Crippen LogP contribution in [0.4, 0.5) is 5.95 Å². The third kappa shape index (κ3) is 4.37. The number of morpholine rings is 1. The van der Waals surface area contributed by atoms with Crippen molar-refractivity contribution in [1.29, 1.82) is 0 Å². The molecule has 0 unspecified atom stereocenters. The summed E-state index contributed by atoms with van der Waals surface area (Å²) in [6.07, 6.45) is 0.976. The quantitative estimate of drug-likeness (QED) is 0.773. The molecule has 1 aliphatic heterocycles. The first-order valence-electron chi connectivity index (χ1n) is 7.89. The van der Waals surface area contributed by atoms with E-state index < -0.39 is 0 Å². The highest BCUT2D eigenvalue weighted by Crippen LogP contribution is 2.10. The van der Waals surface area contributed by atoms with Crippen LogP contribution in [0.1, 0.15) is 6.42 Å². The maximum Gasteiger partial charge on any atom is 0.279 e. The standard InChI is InChI=1S/C16H21N5O2/c22-15-14(13-5-2-1-3-6-13)19-20-16(18-15)17-7-4-8-21-9-11-23-12-10-21/h1-3,5-6H,4,7-12H2,(H2,17,18,20,22). The third-order valence-electron chi connectivity index (χ3n) is 3.79. The molecule has 1 aliphatic rings. The lowest BCUT2D eigenvalue weighted by Crippen LogP contribution is -2.37. The highest BCUT2D eigenvalue weighted by molar-refractivity contribution is 5.57. The fraction of sp³-hybridized carbons (Fsp3) is 0.438. The molecule has 1 aromatic heterocycles. The largest absolute Gasteiger partial charge is 0.379 e. The Balaban J connectivity index is 1.51. The molecule has 1 saturated heterocycles. The summed E-state index contributed by atoms with van der Waals surface area (Å²) < 4.78 is 5.32.